The van der Waals surface area contributed by atoms with Gasteiger partial charge in [0.1, 0.15) is 0 Å². The van der Waals surface area contributed by atoms with Crippen LogP contribution in [0.3, 0.4) is 0 Å². The lowest BCUT2D eigenvalue weighted by Crippen LogP contribution is -2.42. The Morgan fingerprint density at radius 2 is 1.11 bits per heavy atom. The molecule has 0 unspecified atom stereocenters. The maximum Gasteiger partial charge on any atom is 0.0964 e. The van der Waals surface area contributed by atoms with E-state index in [1.54, 1.807) is 0 Å². The number of rotatable bonds is 2. The Hall–Kier alpha value is -2.38. The lowest BCUT2D eigenvalue weighted by molar-refractivity contribution is 0.508. The van der Waals surface area contributed by atoms with Gasteiger partial charge < -0.3 is 0 Å². The SMILES string of the molecule is Cc1cc(C)c(C2(c3c(C)cc(C)cc3C)NCc3ccccc32)c(C)c1. The Morgan fingerprint density at radius 3 is 1.59 bits per heavy atom. The quantitative estimate of drug-likeness (QED) is 0.600. The van der Waals surface area contributed by atoms with E-state index >= 15 is 0 Å². The molecule has 0 amide bonds. The Kier molecular flexibility index (Phi) is 4.24. The van der Waals surface area contributed by atoms with Crippen molar-refractivity contribution in [3.05, 3.63) is 104 Å². The highest BCUT2D eigenvalue weighted by Crippen LogP contribution is 2.47. The van der Waals surface area contributed by atoms with Crippen LogP contribution in [0.5, 0.6) is 0 Å². The van der Waals surface area contributed by atoms with Gasteiger partial charge >= 0.3 is 0 Å². The molecule has 0 aromatic heterocycles. The first-order valence-electron chi connectivity index (χ1n) is 9.84. The molecular formula is C26H29N. The van der Waals surface area contributed by atoms with Crippen LogP contribution in [-0.2, 0) is 12.1 Å². The molecule has 1 aliphatic heterocycles. The van der Waals surface area contributed by atoms with Gasteiger partial charge in [-0.3, -0.25) is 5.32 Å². The maximum atomic E-state index is 3.97. The van der Waals surface area contributed by atoms with E-state index in [4.69, 9.17) is 0 Å². The van der Waals surface area contributed by atoms with Crippen LogP contribution in [0.15, 0.2) is 48.5 Å². The van der Waals surface area contributed by atoms with Crippen molar-refractivity contribution in [2.75, 3.05) is 0 Å². The molecule has 0 saturated carbocycles. The van der Waals surface area contributed by atoms with Crippen LogP contribution in [-0.4, -0.2) is 0 Å². The summed E-state index contributed by atoms with van der Waals surface area (Å²) in [5.41, 5.74) is 13.4. The number of nitrogens with one attached hydrogen (secondary N) is 1. The second-order valence-corrected chi connectivity index (χ2v) is 8.31. The molecule has 0 fully saturated rings. The summed E-state index contributed by atoms with van der Waals surface area (Å²) in [4.78, 5) is 0. The van der Waals surface area contributed by atoms with E-state index in [-0.39, 0.29) is 5.54 Å². The summed E-state index contributed by atoms with van der Waals surface area (Å²) in [7, 11) is 0. The Labute approximate surface area is 163 Å². The molecule has 4 rings (SSSR count). The van der Waals surface area contributed by atoms with Crippen LogP contribution in [0.4, 0.5) is 0 Å². The van der Waals surface area contributed by atoms with E-state index in [0.717, 1.165) is 6.54 Å². The van der Waals surface area contributed by atoms with E-state index in [0.29, 0.717) is 0 Å². The molecule has 3 aromatic carbocycles. The lowest BCUT2D eigenvalue weighted by atomic mass is 9.71. The van der Waals surface area contributed by atoms with Gasteiger partial charge in [0.2, 0.25) is 0 Å². The van der Waals surface area contributed by atoms with Gasteiger partial charge in [-0.25, -0.2) is 0 Å². The second kappa shape index (κ2) is 6.35. The maximum absolute atomic E-state index is 3.97. The summed E-state index contributed by atoms with van der Waals surface area (Å²) in [5.74, 6) is 0. The topological polar surface area (TPSA) is 12.0 Å². The molecule has 0 saturated heterocycles. The highest BCUT2D eigenvalue weighted by atomic mass is 15.0. The number of hydrogen-bond acceptors (Lipinski definition) is 1. The van der Waals surface area contributed by atoms with Crippen LogP contribution in [0.25, 0.3) is 0 Å². The van der Waals surface area contributed by atoms with Crippen molar-refractivity contribution >= 4 is 0 Å². The van der Waals surface area contributed by atoms with Crippen LogP contribution in [0.2, 0.25) is 0 Å². The van der Waals surface area contributed by atoms with Gasteiger partial charge in [0.05, 0.1) is 5.54 Å². The highest BCUT2D eigenvalue weighted by molar-refractivity contribution is 5.63. The standard InChI is InChI=1S/C26H29N/c1-16-11-18(3)24(19(4)12-16)26(23-10-8-7-9-22(23)15-27-26)25-20(5)13-17(2)14-21(25)6/h7-14,27H,15H2,1-6H3. The molecule has 1 N–H and O–H groups in total. The molecule has 1 heterocycles. The molecule has 1 nitrogen and oxygen atoms in total. The zero-order chi connectivity index (χ0) is 19.3. The molecule has 0 spiro atoms. The normalized spacial score (nSPS) is 15.0. The van der Waals surface area contributed by atoms with E-state index in [1.165, 1.54) is 55.6 Å². The van der Waals surface area contributed by atoms with Crippen molar-refractivity contribution in [1.82, 2.24) is 5.32 Å². The minimum Gasteiger partial charge on any atom is -0.296 e. The van der Waals surface area contributed by atoms with Gasteiger partial charge in [-0.05, 0) is 86.1 Å². The highest BCUT2D eigenvalue weighted by Gasteiger charge is 2.45. The molecule has 1 aliphatic rings. The molecule has 0 aliphatic carbocycles. The minimum absolute atomic E-state index is 0.291. The Bertz CT molecular complexity index is 938. The fourth-order valence-corrected chi connectivity index (χ4v) is 5.48. The van der Waals surface area contributed by atoms with Gasteiger partial charge in [-0.15, -0.1) is 0 Å². The number of benzene rings is 3. The zero-order valence-corrected chi connectivity index (χ0v) is 17.3. The average molecular weight is 356 g/mol. The van der Waals surface area contributed by atoms with Crippen molar-refractivity contribution in [1.29, 1.82) is 0 Å². The molecule has 0 radical (unpaired) electrons. The van der Waals surface area contributed by atoms with Gasteiger partial charge in [-0.1, -0.05) is 59.7 Å². The first kappa shape index (κ1) is 18.0. The number of hydrogen-bond donors (Lipinski definition) is 1. The molecule has 3 aromatic rings. The smallest absolute Gasteiger partial charge is 0.0964 e. The molecule has 138 valence electrons. The first-order valence-corrected chi connectivity index (χ1v) is 9.84. The first-order chi connectivity index (χ1) is 12.8. The summed E-state index contributed by atoms with van der Waals surface area (Å²) >= 11 is 0. The van der Waals surface area contributed by atoms with E-state index in [1.807, 2.05) is 0 Å². The molecule has 0 atom stereocenters. The van der Waals surface area contributed by atoms with Gasteiger partial charge in [-0.2, -0.15) is 0 Å². The van der Waals surface area contributed by atoms with Crippen molar-refractivity contribution in [2.24, 2.45) is 0 Å². The monoisotopic (exact) mass is 355 g/mol. The Balaban J connectivity index is 2.16. The van der Waals surface area contributed by atoms with E-state index in [9.17, 15) is 0 Å². The Morgan fingerprint density at radius 1 is 0.667 bits per heavy atom. The third-order valence-electron chi connectivity index (χ3n) is 6.07. The van der Waals surface area contributed by atoms with Crippen molar-refractivity contribution in [2.45, 2.75) is 53.6 Å². The van der Waals surface area contributed by atoms with Crippen LogP contribution in [0, 0.1) is 41.5 Å². The minimum atomic E-state index is -0.291. The summed E-state index contributed by atoms with van der Waals surface area (Å²) < 4.78 is 0. The molecule has 0 bridgehead atoms. The summed E-state index contributed by atoms with van der Waals surface area (Å²) in [5, 5.41) is 3.97. The molecule has 1 heteroatoms. The van der Waals surface area contributed by atoms with Crippen molar-refractivity contribution in [3.8, 4) is 0 Å². The number of fused-ring (bicyclic) bond motifs is 1. The van der Waals surface area contributed by atoms with Gasteiger partial charge in [0.25, 0.3) is 0 Å². The number of aryl methyl sites for hydroxylation is 6. The predicted molar refractivity (Wildman–Crippen MR) is 114 cm³/mol. The third kappa shape index (κ3) is 2.64. The fourth-order valence-electron chi connectivity index (χ4n) is 5.48. The summed E-state index contributed by atoms with van der Waals surface area (Å²) in [6.45, 7) is 14.3. The average Bonchev–Trinajstić information content (AvgIpc) is 2.93. The molecule has 27 heavy (non-hydrogen) atoms. The summed E-state index contributed by atoms with van der Waals surface area (Å²) in [6, 6.07) is 18.2. The van der Waals surface area contributed by atoms with Crippen molar-refractivity contribution in [3.63, 3.8) is 0 Å². The van der Waals surface area contributed by atoms with Crippen LogP contribution in [0.1, 0.15) is 55.6 Å². The molecular weight excluding hydrogens is 326 g/mol. The second-order valence-electron chi connectivity index (χ2n) is 8.31. The van der Waals surface area contributed by atoms with E-state index in [2.05, 4.69) is 95.4 Å². The largest absolute Gasteiger partial charge is 0.296 e. The zero-order valence-electron chi connectivity index (χ0n) is 17.3. The fraction of sp³-hybridized carbons (Fsp3) is 0.308. The third-order valence-corrected chi connectivity index (χ3v) is 6.07. The van der Waals surface area contributed by atoms with Crippen LogP contribution < -0.4 is 5.32 Å². The summed E-state index contributed by atoms with van der Waals surface area (Å²) in [6.07, 6.45) is 0. The van der Waals surface area contributed by atoms with Gasteiger partial charge in [0, 0.05) is 6.54 Å². The van der Waals surface area contributed by atoms with Crippen molar-refractivity contribution < 1.29 is 0 Å². The van der Waals surface area contributed by atoms with E-state index < -0.39 is 0 Å². The lowest BCUT2D eigenvalue weighted by Gasteiger charge is -2.38. The van der Waals surface area contributed by atoms with Gasteiger partial charge in [0.15, 0.2) is 0 Å². The van der Waals surface area contributed by atoms with Crippen LogP contribution >= 0.6 is 0 Å². The predicted octanol–water partition coefficient (Wildman–Crippen LogP) is 5.93.